The van der Waals surface area contributed by atoms with Crippen molar-refractivity contribution in [1.82, 2.24) is 15.5 Å². The number of thioether (sulfide) groups is 1. The molecule has 0 radical (unpaired) electrons. The molecule has 0 unspecified atom stereocenters. The van der Waals surface area contributed by atoms with Crippen molar-refractivity contribution in [3.05, 3.63) is 35.9 Å². The number of hydrogen-bond acceptors (Lipinski definition) is 3. The Hall–Kier alpha value is -0.470. The van der Waals surface area contributed by atoms with Gasteiger partial charge in [0, 0.05) is 38.0 Å². The van der Waals surface area contributed by atoms with Gasteiger partial charge in [-0.3, -0.25) is 4.99 Å². The monoisotopic (exact) mass is 450 g/mol. The lowest BCUT2D eigenvalue weighted by atomic mass is 10.2. The molecule has 0 heterocycles. The molecule has 0 aliphatic heterocycles. The van der Waals surface area contributed by atoms with Crippen molar-refractivity contribution in [2.24, 2.45) is 4.99 Å². The molecule has 6 heteroatoms. The van der Waals surface area contributed by atoms with E-state index in [9.17, 15) is 0 Å². The summed E-state index contributed by atoms with van der Waals surface area (Å²) in [5.74, 6) is 0.871. The Kier molecular flexibility index (Phi) is 11.7. The van der Waals surface area contributed by atoms with Crippen LogP contribution in [0.5, 0.6) is 0 Å². The largest absolute Gasteiger partial charge is 0.355 e. The third-order valence-electron chi connectivity index (χ3n) is 3.54. The number of nitrogens with zero attached hydrogens (tertiary/aromatic N) is 2. The van der Waals surface area contributed by atoms with E-state index in [0.717, 1.165) is 32.1 Å². The molecule has 0 spiro atoms. The minimum atomic E-state index is 0. The number of benzene rings is 1. The Bertz CT molecular complexity index is 451. The van der Waals surface area contributed by atoms with Gasteiger partial charge in [-0.25, -0.2) is 0 Å². The Morgan fingerprint density at radius 2 is 1.87 bits per heavy atom. The highest BCUT2D eigenvalue weighted by molar-refractivity contribution is 14.0. The zero-order valence-corrected chi connectivity index (χ0v) is 18.1. The van der Waals surface area contributed by atoms with Crippen LogP contribution in [0.15, 0.2) is 35.3 Å². The fraction of sp³-hybridized carbons (Fsp3) is 0.588. The van der Waals surface area contributed by atoms with Crippen LogP contribution in [0.25, 0.3) is 0 Å². The Balaban J connectivity index is 0.00000484. The second-order valence-corrected chi connectivity index (χ2v) is 7.55. The van der Waals surface area contributed by atoms with Crippen LogP contribution in [0.1, 0.15) is 19.4 Å². The molecule has 0 amide bonds. The normalized spacial score (nSPS) is 12.0. The predicted octanol–water partition coefficient (Wildman–Crippen LogP) is 3.04. The molecule has 0 aliphatic rings. The number of halogens is 1. The van der Waals surface area contributed by atoms with Gasteiger partial charge < -0.3 is 15.5 Å². The predicted molar refractivity (Wildman–Crippen MR) is 115 cm³/mol. The van der Waals surface area contributed by atoms with Gasteiger partial charge >= 0.3 is 0 Å². The molecule has 132 valence electrons. The van der Waals surface area contributed by atoms with E-state index in [4.69, 9.17) is 0 Å². The van der Waals surface area contributed by atoms with Gasteiger partial charge in [0.15, 0.2) is 5.96 Å². The van der Waals surface area contributed by atoms with Crippen molar-refractivity contribution in [3.63, 3.8) is 0 Å². The number of rotatable bonds is 8. The number of nitrogens with one attached hydrogen (secondary N) is 2. The van der Waals surface area contributed by atoms with Crippen LogP contribution in [0, 0.1) is 0 Å². The van der Waals surface area contributed by atoms with E-state index >= 15 is 0 Å². The Morgan fingerprint density at radius 3 is 2.43 bits per heavy atom. The van der Waals surface area contributed by atoms with Crippen LogP contribution in [-0.2, 0) is 6.54 Å². The quantitative estimate of drug-likeness (QED) is 0.363. The first-order chi connectivity index (χ1) is 10.5. The minimum absolute atomic E-state index is 0. The minimum Gasteiger partial charge on any atom is -0.355 e. The molecule has 0 atom stereocenters. The van der Waals surface area contributed by atoms with E-state index in [1.807, 2.05) is 18.8 Å². The zero-order chi connectivity index (χ0) is 16.4. The summed E-state index contributed by atoms with van der Waals surface area (Å²) in [6, 6.07) is 10.5. The second-order valence-electron chi connectivity index (χ2n) is 6.04. The molecule has 0 aromatic heterocycles. The van der Waals surface area contributed by atoms with Crippen LogP contribution < -0.4 is 10.6 Å². The summed E-state index contributed by atoms with van der Waals surface area (Å²) in [6.07, 6.45) is 2.14. The molecule has 23 heavy (non-hydrogen) atoms. The Morgan fingerprint density at radius 1 is 1.22 bits per heavy atom. The topological polar surface area (TPSA) is 39.7 Å². The summed E-state index contributed by atoms with van der Waals surface area (Å²) in [4.78, 5) is 6.58. The van der Waals surface area contributed by atoms with E-state index in [1.54, 1.807) is 0 Å². The van der Waals surface area contributed by atoms with Gasteiger partial charge in [0.05, 0.1) is 0 Å². The summed E-state index contributed by atoms with van der Waals surface area (Å²) in [6.45, 7) is 8.17. The molecule has 4 nitrogen and oxygen atoms in total. The van der Waals surface area contributed by atoms with Gasteiger partial charge in [-0.15, -0.1) is 24.0 Å². The highest BCUT2D eigenvalue weighted by Gasteiger charge is 2.15. The standard InChI is InChI=1S/C17H30N4S.HI/c1-17(2,22-5)14-20-16(18-3)19-11-12-21(4)13-15-9-7-6-8-10-15;/h6-10H,11-14H2,1-5H3,(H2,18,19,20);1H. The molecule has 0 bridgehead atoms. The summed E-state index contributed by atoms with van der Waals surface area (Å²) in [7, 11) is 3.96. The van der Waals surface area contributed by atoms with Crippen LogP contribution in [0.2, 0.25) is 0 Å². The first kappa shape index (κ1) is 22.5. The number of guanidine groups is 1. The number of aliphatic imine (C=N–C) groups is 1. The van der Waals surface area contributed by atoms with E-state index < -0.39 is 0 Å². The molecule has 1 aromatic carbocycles. The lowest BCUT2D eigenvalue weighted by molar-refractivity contribution is 0.331. The van der Waals surface area contributed by atoms with Crippen LogP contribution in [-0.4, -0.2) is 55.6 Å². The van der Waals surface area contributed by atoms with E-state index in [-0.39, 0.29) is 28.7 Å². The van der Waals surface area contributed by atoms with Crippen molar-refractivity contribution in [2.75, 3.05) is 40.0 Å². The average Bonchev–Trinajstić information content (AvgIpc) is 2.51. The summed E-state index contributed by atoms with van der Waals surface area (Å²) in [5.41, 5.74) is 1.34. The van der Waals surface area contributed by atoms with Gasteiger partial charge in [-0.1, -0.05) is 30.3 Å². The smallest absolute Gasteiger partial charge is 0.191 e. The summed E-state index contributed by atoms with van der Waals surface area (Å²) in [5, 5.41) is 6.75. The third-order valence-corrected chi connectivity index (χ3v) is 4.79. The molecule has 1 aromatic rings. The first-order valence-corrected chi connectivity index (χ1v) is 8.91. The maximum Gasteiger partial charge on any atom is 0.191 e. The van der Waals surface area contributed by atoms with Gasteiger partial charge in [0.25, 0.3) is 0 Å². The molecule has 0 saturated heterocycles. The summed E-state index contributed by atoms with van der Waals surface area (Å²) < 4.78 is 0.210. The number of likely N-dealkylation sites (N-methyl/N-ethyl adjacent to an activating group) is 1. The number of hydrogen-bond donors (Lipinski definition) is 2. The maximum absolute atomic E-state index is 4.27. The Labute approximate surface area is 162 Å². The zero-order valence-electron chi connectivity index (χ0n) is 14.9. The van der Waals surface area contributed by atoms with Crippen LogP contribution in [0.3, 0.4) is 0 Å². The molecule has 0 fully saturated rings. The van der Waals surface area contributed by atoms with E-state index in [2.05, 4.69) is 78.0 Å². The van der Waals surface area contributed by atoms with Crippen LogP contribution >= 0.6 is 35.7 Å². The molecule has 1 rings (SSSR count). The highest BCUT2D eigenvalue weighted by atomic mass is 127. The fourth-order valence-electron chi connectivity index (χ4n) is 1.93. The molecule has 0 saturated carbocycles. The molecular formula is C17H31IN4S. The third kappa shape index (κ3) is 10.1. The SMILES string of the molecule is CN=C(NCCN(C)Cc1ccccc1)NCC(C)(C)SC.I. The van der Waals surface area contributed by atoms with Crippen LogP contribution in [0.4, 0.5) is 0 Å². The molecule has 0 aliphatic carbocycles. The van der Waals surface area contributed by atoms with Crippen molar-refractivity contribution < 1.29 is 0 Å². The van der Waals surface area contributed by atoms with Gasteiger partial charge in [-0.2, -0.15) is 11.8 Å². The van der Waals surface area contributed by atoms with Gasteiger partial charge in [-0.05, 0) is 32.7 Å². The van der Waals surface area contributed by atoms with Crippen molar-refractivity contribution >= 4 is 41.7 Å². The fourth-order valence-corrected chi connectivity index (χ4v) is 2.15. The first-order valence-electron chi connectivity index (χ1n) is 7.69. The summed E-state index contributed by atoms with van der Waals surface area (Å²) >= 11 is 1.86. The lowest BCUT2D eigenvalue weighted by Crippen LogP contribution is -2.45. The molecule has 2 N–H and O–H groups in total. The van der Waals surface area contributed by atoms with Crippen molar-refractivity contribution in [3.8, 4) is 0 Å². The van der Waals surface area contributed by atoms with Gasteiger partial charge in [0.2, 0.25) is 0 Å². The molecular weight excluding hydrogens is 419 g/mol. The van der Waals surface area contributed by atoms with Crippen molar-refractivity contribution in [1.29, 1.82) is 0 Å². The van der Waals surface area contributed by atoms with E-state index in [1.165, 1.54) is 5.56 Å². The highest BCUT2D eigenvalue weighted by Crippen LogP contribution is 2.19. The van der Waals surface area contributed by atoms with E-state index in [0.29, 0.717) is 0 Å². The lowest BCUT2D eigenvalue weighted by Gasteiger charge is -2.24. The maximum atomic E-state index is 4.27. The second kappa shape index (κ2) is 12.0. The van der Waals surface area contributed by atoms with Gasteiger partial charge in [0.1, 0.15) is 0 Å². The average molecular weight is 450 g/mol. The van der Waals surface area contributed by atoms with Crippen molar-refractivity contribution in [2.45, 2.75) is 25.1 Å².